The highest BCUT2D eigenvalue weighted by atomic mass is 32.2. The second kappa shape index (κ2) is 6.43. The third-order valence-electron chi connectivity index (χ3n) is 1.64. The molecule has 0 fully saturated rings. The number of nitrogens with zero attached hydrogens (tertiary/aromatic N) is 1. The van der Waals surface area contributed by atoms with Gasteiger partial charge in [0, 0.05) is 12.2 Å². The summed E-state index contributed by atoms with van der Waals surface area (Å²) in [6.07, 6.45) is -2.89. The summed E-state index contributed by atoms with van der Waals surface area (Å²) in [6, 6.07) is 0. The van der Waals surface area contributed by atoms with Crippen LogP contribution in [0.4, 0.5) is 13.2 Å². The van der Waals surface area contributed by atoms with Crippen LogP contribution in [-0.4, -0.2) is 38.5 Å². The smallest absolute Gasteiger partial charge is 0.301 e. The summed E-state index contributed by atoms with van der Waals surface area (Å²) in [4.78, 5) is 3.75. The SMILES string of the molecule is CS(=O)(=O)OC1COC(SCCC(F)=C(F)F)=N1. The molecular weight excluding hydrogens is 295 g/mol. The molecule has 104 valence electrons. The number of ether oxygens (including phenoxy) is 1. The van der Waals surface area contributed by atoms with Gasteiger partial charge in [-0.05, 0) is 0 Å². The molecule has 0 aliphatic carbocycles. The van der Waals surface area contributed by atoms with Crippen LogP contribution in [0.15, 0.2) is 16.9 Å². The van der Waals surface area contributed by atoms with Crippen molar-refractivity contribution in [3.8, 4) is 0 Å². The van der Waals surface area contributed by atoms with E-state index in [1.54, 1.807) is 0 Å². The van der Waals surface area contributed by atoms with E-state index < -0.39 is 34.7 Å². The van der Waals surface area contributed by atoms with E-state index in [-0.39, 0.29) is 17.6 Å². The number of hydrogen-bond acceptors (Lipinski definition) is 6. The highest BCUT2D eigenvalue weighted by molar-refractivity contribution is 8.13. The van der Waals surface area contributed by atoms with Crippen molar-refractivity contribution in [2.24, 2.45) is 4.99 Å². The lowest BCUT2D eigenvalue weighted by atomic mass is 10.4. The van der Waals surface area contributed by atoms with Crippen LogP contribution in [0, 0.1) is 0 Å². The zero-order valence-corrected chi connectivity index (χ0v) is 10.9. The molecule has 0 aromatic heterocycles. The van der Waals surface area contributed by atoms with Crippen LogP contribution in [0.25, 0.3) is 0 Å². The first-order chi connectivity index (χ1) is 8.28. The van der Waals surface area contributed by atoms with Gasteiger partial charge in [-0.3, -0.25) is 0 Å². The maximum atomic E-state index is 12.4. The van der Waals surface area contributed by atoms with Gasteiger partial charge in [-0.2, -0.15) is 17.2 Å². The first kappa shape index (κ1) is 15.3. The Hall–Kier alpha value is -0.740. The topological polar surface area (TPSA) is 65.0 Å². The second-order valence-electron chi connectivity index (χ2n) is 3.22. The average Bonchev–Trinajstić information content (AvgIpc) is 2.62. The monoisotopic (exact) mass is 305 g/mol. The van der Waals surface area contributed by atoms with Crippen molar-refractivity contribution in [2.45, 2.75) is 12.6 Å². The number of hydrogen-bond donors (Lipinski definition) is 0. The van der Waals surface area contributed by atoms with Crippen molar-refractivity contribution in [3.05, 3.63) is 11.9 Å². The highest BCUT2D eigenvalue weighted by Gasteiger charge is 2.23. The van der Waals surface area contributed by atoms with Gasteiger partial charge in [0.15, 0.2) is 5.83 Å². The fourth-order valence-corrected chi connectivity index (χ4v) is 2.29. The minimum absolute atomic E-state index is 0.00754. The van der Waals surface area contributed by atoms with Gasteiger partial charge in [-0.15, -0.1) is 0 Å². The van der Waals surface area contributed by atoms with E-state index in [0.29, 0.717) is 0 Å². The van der Waals surface area contributed by atoms with Gasteiger partial charge in [0.2, 0.25) is 11.5 Å². The molecule has 0 amide bonds. The zero-order valence-electron chi connectivity index (χ0n) is 9.23. The molecule has 1 atom stereocenters. The van der Waals surface area contributed by atoms with Crippen LogP contribution < -0.4 is 0 Å². The summed E-state index contributed by atoms with van der Waals surface area (Å²) in [5.74, 6) is -1.47. The summed E-state index contributed by atoms with van der Waals surface area (Å²) < 4.78 is 66.9. The molecule has 10 heteroatoms. The molecule has 0 aromatic rings. The lowest BCUT2D eigenvalue weighted by Gasteiger charge is -2.02. The second-order valence-corrected chi connectivity index (χ2v) is 5.87. The Morgan fingerprint density at radius 1 is 1.56 bits per heavy atom. The summed E-state index contributed by atoms with van der Waals surface area (Å²) in [5, 5.41) is 0.0933. The molecule has 1 aliphatic rings. The Morgan fingerprint density at radius 2 is 2.22 bits per heavy atom. The molecule has 5 nitrogen and oxygen atoms in total. The molecule has 1 unspecified atom stereocenters. The van der Waals surface area contributed by atoms with E-state index in [2.05, 4.69) is 9.18 Å². The normalized spacial score (nSPS) is 19.3. The number of aliphatic imine (C=N–C) groups is 1. The molecule has 0 radical (unpaired) electrons. The van der Waals surface area contributed by atoms with E-state index >= 15 is 0 Å². The largest absolute Gasteiger partial charge is 0.468 e. The third-order valence-corrected chi connectivity index (χ3v) is 3.09. The Balaban J connectivity index is 2.37. The molecule has 0 saturated heterocycles. The van der Waals surface area contributed by atoms with Crippen LogP contribution in [0.3, 0.4) is 0 Å². The Morgan fingerprint density at radius 3 is 2.78 bits per heavy atom. The fraction of sp³-hybridized carbons (Fsp3) is 0.625. The lowest BCUT2D eigenvalue weighted by Crippen LogP contribution is -2.16. The zero-order chi connectivity index (χ0) is 13.8. The maximum Gasteiger partial charge on any atom is 0.301 e. The lowest BCUT2D eigenvalue weighted by molar-refractivity contribution is 0.169. The highest BCUT2D eigenvalue weighted by Crippen LogP contribution is 2.20. The van der Waals surface area contributed by atoms with E-state index in [0.717, 1.165) is 18.0 Å². The summed E-state index contributed by atoms with van der Waals surface area (Å²) in [5.41, 5.74) is 0. The number of rotatable bonds is 5. The quantitative estimate of drug-likeness (QED) is 0.726. The Bertz CT molecular complexity index is 459. The molecule has 0 spiro atoms. The van der Waals surface area contributed by atoms with Crippen LogP contribution in [0.1, 0.15) is 6.42 Å². The van der Waals surface area contributed by atoms with Gasteiger partial charge in [0.05, 0.1) is 6.26 Å². The maximum absolute atomic E-state index is 12.4. The molecule has 0 N–H and O–H groups in total. The van der Waals surface area contributed by atoms with E-state index in [1.807, 2.05) is 0 Å². The first-order valence-corrected chi connectivity index (χ1v) is 7.49. The fourth-order valence-electron chi connectivity index (χ4n) is 0.987. The van der Waals surface area contributed by atoms with Crippen LogP contribution >= 0.6 is 11.8 Å². The van der Waals surface area contributed by atoms with E-state index in [4.69, 9.17) is 4.74 Å². The minimum atomic E-state index is -3.64. The van der Waals surface area contributed by atoms with Gasteiger partial charge in [-0.25, -0.2) is 13.6 Å². The molecule has 0 bridgehead atoms. The van der Waals surface area contributed by atoms with Crippen molar-refractivity contribution >= 4 is 27.1 Å². The number of thioether (sulfide) groups is 1. The predicted octanol–water partition coefficient (Wildman–Crippen LogP) is 1.88. The van der Waals surface area contributed by atoms with Crippen molar-refractivity contribution in [1.82, 2.24) is 0 Å². The van der Waals surface area contributed by atoms with Gasteiger partial charge in [0.1, 0.15) is 6.61 Å². The summed E-state index contributed by atoms with van der Waals surface area (Å²) in [6.45, 7) is -0.0782. The van der Waals surface area contributed by atoms with Crippen molar-refractivity contribution in [2.75, 3.05) is 18.6 Å². The minimum Gasteiger partial charge on any atom is -0.468 e. The van der Waals surface area contributed by atoms with Crippen LogP contribution in [0.2, 0.25) is 0 Å². The van der Waals surface area contributed by atoms with E-state index in [9.17, 15) is 21.6 Å². The standard InChI is InChI=1S/C8H10F3NO4S2/c1-18(13,14)16-6-4-15-8(12-6)17-3-2-5(9)7(10)11/h6H,2-4H2,1H3. The third kappa shape index (κ3) is 5.74. The van der Waals surface area contributed by atoms with Crippen molar-refractivity contribution in [1.29, 1.82) is 0 Å². The molecule has 1 aliphatic heterocycles. The molecule has 0 saturated carbocycles. The van der Waals surface area contributed by atoms with Gasteiger partial charge in [-0.1, -0.05) is 11.8 Å². The molecule has 1 rings (SSSR count). The molecule has 18 heavy (non-hydrogen) atoms. The van der Waals surface area contributed by atoms with Gasteiger partial charge >= 0.3 is 6.08 Å². The average molecular weight is 305 g/mol. The Kier molecular flexibility index (Phi) is 5.47. The predicted molar refractivity (Wildman–Crippen MR) is 60.5 cm³/mol. The summed E-state index contributed by atoms with van der Waals surface area (Å²) in [7, 11) is -3.64. The number of halogens is 3. The van der Waals surface area contributed by atoms with Gasteiger partial charge in [0.25, 0.3) is 10.1 Å². The van der Waals surface area contributed by atoms with Crippen LogP contribution in [0.5, 0.6) is 0 Å². The molecular formula is C8H10F3NO4S2. The molecule has 0 aromatic carbocycles. The van der Waals surface area contributed by atoms with Crippen molar-refractivity contribution < 1.29 is 30.5 Å². The Labute approximate surface area is 106 Å². The first-order valence-electron chi connectivity index (χ1n) is 4.69. The van der Waals surface area contributed by atoms with Crippen LogP contribution in [-0.2, 0) is 19.0 Å². The van der Waals surface area contributed by atoms with Crippen molar-refractivity contribution in [3.63, 3.8) is 0 Å². The summed E-state index contributed by atoms with van der Waals surface area (Å²) >= 11 is 0.905. The van der Waals surface area contributed by atoms with Gasteiger partial charge < -0.3 is 4.74 Å². The van der Waals surface area contributed by atoms with E-state index in [1.165, 1.54) is 0 Å². The molecule has 1 heterocycles. The number of allylic oxidation sites excluding steroid dienone is 1.